The van der Waals surface area contributed by atoms with Crippen molar-refractivity contribution in [2.45, 2.75) is 76.7 Å². The number of hydrogen-bond acceptors (Lipinski definition) is 10. The van der Waals surface area contributed by atoms with Gasteiger partial charge in [0, 0.05) is 49.8 Å². The molecule has 0 aliphatic carbocycles. The number of nitriles is 1. The summed E-state index contributed by atoms with van der Waals surface area (Å²) < 4.78 is 14.4. The second-order valence-electron chi connectivity index (χ2n) is 13.0. The lowest BCUT2D eigenvalue weighted by Crippen LogP contribution is -2.55. The van der Waals surface area contributed by atoms with Gasteiger partial charge in [-0.15, -0.1) is 0 Å². The first kappa shape index (κ1) is 30.5. The molecule has 6 heterocycles. The number of nitrogens with zero attached hydrogens (tertiary/aromatic N) is 9. The molecule has 0 bridgehead atoms. The Bertz CT molecular complexity index is 1630. The predicted molar refractivity (Wildman–Crippen MR) is 172 cm³/mol. The number of ether oxygens (including phenoxy) is 2. The smallest absolute Gasteiger partial charge is 0.407 e. The average molecular weight is 630 g/mol. The highest BCUT2D eigenvalue weighted by Crippen LogP contribution is 2.38. The Morgan fingerprint density at radius 3 is 2.76 bits per heavy atom. The third-order valence-electron chi connectivity index (χ3n) is 10.2. The van der Waals surface area contributed by atoms with Crippen molar-refractivity contribution in [1.29, 1.82) is 5.26 Å². The number of aromatic nitrogens is 4. The van der Waals surface area contributed by atoms with E-state index in [2.05, 4.69) is 46.9 Å². The van der Waals surface area contributed by atoms with Crippen molar-refractivity contribution >= 4 is 28.5 Å². The van der Waals surface area contributed by atoms with Gasteiger partial charge in [0.1, 0.15) is 12.4 Å². The van der Waals surface area contributed by atoms with Crippen LogP contribution in [0.4, 0.5) is 16.3 Å². The second kappa shape index (κ2) is 12.9. The summed E-state index contributed by atoms with van der Waals surface area (Å²) in [7, 11) is 2.13. The largest absolute Gasteiger partial charge is 0.465 e. The molecular weight excluding hydrogens is 586 g/mol. The Morgan fingerprint density at radius 1 is 1.11 bits per heavy atom. The molecular formula is C33H43N9O4. The number of fused-ring (bicyclic) bond motifs is 2. The summed E-state index contributed by atoms with van der Waals surface area (Å²) >= 11 is 0. The predicted octanol–water partition coefficient (Wildman–Crippen LogP) is 3.95. The van der Waals surface area contributed by atoms with E-state index in [1.807, 2.05) is 10.9 Å². The Balaban J connectivity index is 1.22. The molecule has 13 heteroatoms. The van der Waals surface area contributed by atoms with E-state index in [0.717, 1.165) is 91.9 Å². The van der Waals surface area contributed by atoms with E-state index in [1.165, 1.54) is 10.5 Å². The number of piperazine rings is 1. The highest BCUT2D eigenvalue weighted by Gasteiger charge is 2.34. The normalized spacial score (nSPS) is 23.8. The molecule has 1 aromatic carbocycles. The van der Waals surface area contributed by atoms with Crippen molar-refractivity contribution in [2.24, 2.45) is 0 Å². The highest BCUT2D eigenvalue weighted by atomic mass is 16.5. The number of carboxylic acid groups (broad SMARTS) is 1. The number of likely N-dealkylation sites (N-methyl/N-ethyl adjacent to an activating group) is 1. The molecule has 1 amide bonds. The van der Waals surface area contributed by atoms with Crippen LogP contribution in [0.3, 0.4) is 0 Å². The number of aryl methyl sites for hydroxylation is 1. The van der Waals surface area contributed by atoms with Crippen LogP contribution >= 0.6 is 0 Å². The van der Waals surface area contributed by atoms with Crippen molar-refractivity contribution in [3.8, 4) is 12.1 Å². The zero-order valence-corrected chi connectivity index (χ0v) is 26.8. The summed E-state index contributed by atoms with van der Waals surface area (Å²) in [5.41, 5.74) is 5.40. The fourth-order valence-corrected chi connectivity index (χ4v) is 7.63. The van der Waals surface area contributed by atoms with Crippen LogP contribution in [0.1, 0.15) is 61.6 Å². The molecule has 0 spiro atoms. The van der Waals surface area contributed by atoms with Crippen molar-refractivity contribution in [1.82, 2.24) is 29.5 Å². The number of anilines is 2. The first-order valence-corrected chi connectivity index (χ1v) is 16.6. The van der Waals surface area contributed by atoms with Crippen LogP contribution in [0.2, 0.25) is 0 Å². The van der Waals surface area contributed by atoms with Gasteiger partial charge in [0.2, 0.25) is 0 Å². The molecule has 3 atom stereocenters. The molecule has 1 N–H and O–H groups in total. The van der Waals surface area contributed by atoms with Crippen LogP contribution in [0.25, 0.3) is 10.9 Å². The van der Waals surface area contributed by atoms with Crippen LogP contribution < -0.4 is 14.5 Å². The van der Waals surface area contributed by atoms with Gasteiger partial charge in [0.15, 0.2) is 6.23 Å². The van der Waals surface area contributed by atoms with E-state index >= 15 is 0 Å². The van der Waals surface area contributed by atoms with Gasteiger partial charge >= 0.3 is 12.1 Å². The lowest BCUT2D eigenvalue weighted by atomic mass is 10.0. The molecule has 0 radical (unpaired) electrons. The maximum atomic E-state index is 11.9. The number of rotatable bonds is 7. The lowest BCUT2D eigenvalue weighted by molar-refractivity contribution is -0.0366. The van der Waals surface area contributed by atoms with Crippen molar-refractivity contribution in [3.63, 3.8) is 0 Å². The Hall–Kier alpha value is -4.15. The molecule has 13 nitrogen and oxygen atoms in total. The lowest BCUT2D eigenvalue weighted by Gasteiger charge is -2.41. The van der Waals surface area contributed by atoms with Crippen LogP contribution in [0, 0.1) is 18.3 Å². The summed E-state index contributed by atoms with van der Waals surface area (Å²) in [5, 5.41) is 25.1. The monoisotopic (exact) mass is 629 g/mol. The number of likely N-dealkylation sites (tertiary alicyclic amines) is 1. The van der Waals surface area contributed by atoms with Crippen molar-refractivity contribution in [3.05, 3.63) is 35.2 Å². The number of hydrogen-bond donors (Lipinski definition) is 1. The molecule has 4 aliphatic rings. The molecule has 3 aromatic rings. The minimum Gasteiger partial charge on any atom is -0.465 e. The molecule has 2 aromatic heterocycles. The third kappa shape index (κ3) is 5.80. The topological polar surface area (TPSA) is 136 Å². The quantitative estimate of drug-likeness (QED) is 0.407. The van der Waals surface area contributed by atoms with Gasteiger partial charge in [-0.3, -0.25) is 0 Å². The molecule has 4 aliphatic heterocycles. The fourth-order valence-electron chi connectivity index (χ4n) is 7.63. The van der Waals surface area contributed by atoms with Gasteiger partial charge in [0.25, 0.3) is 0 Å². The minimum absolute atomic E-state index is 0.0377. The van der Waals surface area contributed by atoms with Gasteiger partial charge in [-0.05, 0) is 70.7 Å². The number of benzene rings is 1. The molecule has 3 fully saturated rings. The molecule has 3 saturated heterocycles. The van der Waals surface area contributed by atoms with Crippen LogP contribution in [-0.4, -0.2) is 106 Å². The SMILES string of the molecule is Cc1ccc2c(cnn2C2CCCCO2)c1N1CCc2c(nc(OCC3CCCN3C)nc2N2CCN(C(=O)O)[C@@H](CC#N)C2)C1. The first-order valence-electron chi connectivity index (χ1n) is 16.6. The van der Waals surface area contributed by atoms with E-state index in [1.54, 1.807) is 0 Å². The van der Waals surface area contributed by atoms with Crippen LogP contribution in [-0.2, 0) is 17.7 Å². The maximum Gasteiger partial charge on any atom is 0.407 e. The number of carbonyl (C=O) groups is 1. The van der Waals surface area contributed by atoms with Crippen LogP contribution in [0.15, 0.2) is 18.3 Å². The van der Waals surface area contributed by atoms with Gasteiger partial charge in [-0.25, -0.2) is 9.48 Å². The highest BCUT2D eigenvalue weighted by molar-refractivity contribution is 5.94. The summed E-state index contributed by atoms with van der Waals surface area (Å²) in [4.78, 5) is 30.1. The molecule has 2 unspecified atom stereocenters. The molecule has 244 valence electrons. The van der Waals surface area contributed by atoms with Crippen molar-refractivity contribution < 1.29 is 19.4 Å². The fraction of sp³-hybridized carbons (Fsp3) is 0.606. The van der Waals surface area contributed by atoms with Crippen LogP contribution in [0.5, 0.6) is 6.01 Å². The van der Waals surface area contributed by atoms with Gasteiger partial charge < -0.3 is 34.2 Å². The Labute approximate surface area is 269 Å². The zero-order chi connectivity index (χ0) is 31.8. The average Bonchev–Trinajstić information content (AvgIpc) is 3.69. The van der Waals surface area contributed by atoms with Gasteiger partial charge in [-0.2, -0.15) is 20.3 Å². The van der Waals surface area contributed by atoms with E-state index in [0.29, 0.717) is 44.8 Å². The van der Waals surface area contributed by atoms with E-state index in [4.69, 9.17) is 24.5 Å². The van der Waals surface area contributed by atoms with Gasteiger partial charge in [-0.1, -0.05) is 6.07 Å². The Kier molecular flexibility index (Phi) is 8.57. The van der Waals surface area contributed by atoms with E-state index < -0.39 is 12.1 Å². The zero-order valence-electron chi connectivity index (χ0n) is 26.8. The molecule has 46 heavy (non-hydrogen) atoms. The molecule has 7 rings (SSSR count). The maximum absolute atomic E-state index is 11.9. The summed E-state index contributed by atoms with van der Waals surface area (Å²) in [6.07, 6.45) is 7.23. The number of amides is 1. The van der Waals surface area contributed by atoms with Crippen molar-refractivity contribution in [2.75, 3.05) is 62.8 Å². The minimum atomic E-state index is -0.993. The summed E-state index contributed by atoms with van der Waals surface area (Å²) in [6.45, 7) is 7.06. The molecule has 0 saturated carbocycles. The van der Waals surface area contributed by atoms with E-state index in [9.17, 15) is 15.2 Å². The summed E-state index contributed by atoms with van der Waals surface area (Å²) in [5.74, 6) is 0.796. The second-order valence-corrected chi connectivity index (χ2v) is 13.0. The Morgan fingerprint density at radius 2 is 2.00 bits per heavy atom. The first-order chi connectivity index (χ1) is 22.4. The standard InChI is InChI=1S/C33H43N9O4/c1-22-8-9-28-26(18-35-42(28)29-7-3-4-17-45-29)30(22)39-14-11-25-27(20-39)36-32(46-21-24-6-5-13-38(24)2)37-31(25)40-15-16-41(33(43)44)23(19-40)10-12-34/h8-9,18,23-24,29H,3-7,10-11,13-17,19-21H2,1-2H3,(H,43,44)/t23-,24?,29?/m0/s1. The third-order valence-corrected chi connectivity index (χ3v) is 10.2. The van der Waals surface area contributed by atoms with Gasteiger partial charge in [0.05, 0.1) is 48.2 Å². The summed E-state index contributed by atoms with van der Waals surface area (Å²) in [6, 6.07) is 6.74. The van der Waals surface area contributed by atoms with E-state index in [-0.39, 0.29) is 12.6 Å².